The van der Waals surface area contributed by atoms with Crippen LogP contribution in [0.2, 0.25) is 0 Å². The third-order valence-corrected chi connectivity index (χ3v) is 4.75. The number of carbonyl (C=O) groups excluding carboxylic acids is 1. The predicted octanol–water partition coefficient (Wildman–Crippen LogP) is 3.13. The van der Waals surface area contributed by atoms with Crippen LogP contribution < -0.4 is 5.73 Å². The van der Waals surface area contributed by atoms with E-state index in [4.69, 9.17) is 5.73 Å². The molecule has 2 N–H and O–H groups in total. The number of fused-ring (bicyclic) bond motifs is 1. The second kappa shape index (κ2) is 7.94. The zero-order valence-corrected chi connectivity index (χ0v) is 15.3. The molecule has 0 bridgehead atoms. The number of aromatic nitrogens is 2. The summed E-state index contributed by atoms with van der Waals surface area (Å²) in [5.74, 6) is -1.51. The van der Waals surface area contributed by atoms with Crippen molar-refractivity contribution >= 4 is 12.0 Å². The number of hydrogen-bond acceptors (Lipinski definition) is 3. The molecular weight excluding hydrogens is 395 g/mol. The number of rotatable bonds is 5. The minimum absolute atomic E-state index is 0.0450. The van der Waals surface area contributed by atoms with Gasteiger partial charge in [-0.05, 0) is 36.3 Å². The SMILES string of the molecule is C=Cc1c(C(F)(F)F)nc2n1CCN(C(=O)C[C@H](N)Cc1cc(F)ccc1F)C2. The lowest BCUT2D eigenvalue weighted by atomic mass is 10.0. The Balaban J connectivity index is 1.68. The number of benzene rings is 1. The van der Waals surface area contributed by atoms with Crippen molar-refractivity contribution in [2.75, 3.05) is 6.54 Å². The van der Waals surface area contributed by atoms with Gasteiger partial charge in [0.25, 0.3) is 0 Å². The number of halogens is 5. The molecule has 0 spiro atoms. The summed E-state index contributed by atoms with van der Waals surface area (Å²) < 4.78 is 67.8. The van der Waals surface area contributed by atoms with Gasteiger partial charge in [-0.2, -0.15) is 13.2 Å². The van der Waals surface area contributed by atoms with Gasteiger partial charge in [-0.3, -0.25) is 4.79 Å². The Labute approximate surface area is 163 Å². The molecule has 1 aromatic heterocycles. The molecule has 1 aliphatic heterocycles. The third kappa shape index (κ3) is 4.47. The number of imidazole rings is 1. The van der Waals surface area contributed by atoms with Gasteiger partial charge in [-0.15, -0.1) is 0 Å². The van der Waals surface area contributed by atoms with Crippen molar-refractivity contribution in [1.29, 1.82) is 0 Å². The molecule has 0 aliphatic carbocycles. The van der Waals surface area contributed by atoms with E-state index in [1.165, 1.54) is 9.47 Å². The highest BCUT2D eigenvalue weighted by Crippen LogP contribution is 2.33. The lowest BCUT2D eigenvalue weighted by Crippen LogP contribution is -2.41. The van der Waals surface area contributed by atoms with E-state index in [2.05, 4.69) is 11.6 Å². The molecule has 1 amide bonds. The number of carbonyl (C=O) groups is 1. The molecule has 2 aromatic rings. The van der Waals surface area contributed by atoms with Crippen LogP contribution in [0.5, 0.6) is 0 Å². The Morgan fingerprint density at radius 3 is 2.69 bits per heavy atom. The van der Waals surface area contributed by atoms with Crippen LogP contribution in [0, 0.1) is 11.6 Å². The topological polar surface area (TPSA) is 64.2 Å². The lowest BCUT2D eigenvalue weighted by Gasteiger charge is -2.29. The molecule has 29 heavy (non-hydrogen) atoms. The Morgan fingerprint density at radius 1 is 1.31 bits per heavy atom. The fourth-order valence-electron chi connectivity index (χ4n) is 3.39. The van der Waals surface area contributed by atoms with Gasteiger partial charge in [-0.1, -0.05) is 6.58 Å². The zero-order valence-electron chi connectivity index (χ0n) is 15.3. The van der Waals surface area contributed by atoms with E-state index in [1.54, 1.807) is 0 Å². The van der Waals surface area contributed by atoms with Crippen LogP contribution in [-0.2, 0) is 30.5 Å². The van der Waals surface area contributed by atoms with Crippen LogP contribution in [0.25, 0.3) is 6.08 Å². The highest BCUT2D eigenvalue weighted by Gasteiger charge is 2.39. The van der Waals surface area contributed by atoms with Gasteiger partial charge in [0, 0.05) is 25.6 Å². The van der Waals surface area contributed by atoms with E-state index in [0.29, 0.717) is 0 Å². The van der Waals surface area contributed by atoms with Crippen LogP contribution in [0.4, 0.5) is 22.0 Å². The van der Waals surface area contributed by atoms with Crippen molar-refractivity contribution < 1.29 is 26.7 Å². The van der Waals surface area contributed by atoms with Gasteiger partial charge in [0.2, 0.25) is 5.91 Å². The second-order valence-corrected chi connectivity index (χ2v) is 6.83. The van der Waals surface area contributed by atoms with Gasteiger partial charge in [0.05, 0.1) is 12.2 Å². The van der Waals surface area contributed by atoms with Crippen LogP contribution in [-0.4, -0.2) is 32.9 Å². The summed E-state index contributed by atoms with van der Waals surface area (Å²) in [7, 11) is 0. The van der Waals surface area contributed by atoms with Gasteiger partial charge in [0.15, 0.2) is 5.69 Å². The first kappa shape index (κ1) is 21.0. The van der Waals surface area contributed by atoms with Crippen molar-refractivity contribution in [3.63, 3.8) is 0 Å². The average molecular weight is 414 g/mol. The van der Waals surface area contributed by atoms with Gasteiger partial charge in [0.1, 0.15) is 17.5 Å². The lowest BCUT2D eigenvalue weighted by molar-refractivity contribution is -0.141. The summed E-state index contributed by atoms with van der Waals surface area (Å²) >= 11 is 0. The van der Waals surface area contributed by atoms with Crippen LogP contribution >= 0.6 is 0 Å². The molecule has 0 radical (unpaired) electrons. The largest absolute Gasteiger partial charge is 0.435 e. The summed E-state index contributed by atoms with van der Waals surface area (Å²) in [6, 6.07) is 2.22. The van der Waals surface area contributed by atoms with Gasteiger partial charge < -0.3 is 15.2 Å². The first-order valence-corrected chi connectivity index (χ1v) is 8.86. The van der Waals surface area contributed by atoms with Crippen molar-refractivity contribution in [2.24, 2.45) is 5.73 Å². The number of nitrogens with zero attached hydrogens (tertiary/aromatic N) is 3. The Kier molecular flexibility index (Phi) is 5.74. The molecule has 10 heteroatoms. The highest BCUT2D eigenvalue weighted by molar-refractivity contribution is 5.77. The number of hydrogen-bond donors (Lipinski definition) is 1. The molecule has 2 heterocycles. The quantitative estimate of drug-likeness (QED) is 0.765. The van der Waals surface area contributed by atoms with Crippen molar-refractivity contribution in [3.8, 4) is 0 Å². The standard InChI is InChI=1S/C19H19F5N4O/c1-2-15-18(19(22,23)24)26-16-10-27(5-6-28(15)16)17(29)9-13(25)8-11-7-12(20)3-4-14(11)21/h2-4,7,13H,1,5-6,8-10,25H2/t13-/m1/s1. The molecule has 1 atom stereocenters. The summed E-state index contributed by atoms with van der Waals surface area (Å²) in [5.41, 5.74) is 4.82. The molecule has 0 fully saturated rings. The van der Waals surface area contributed by atoms with E-state index >= 15 is 0 Å². The predicted molar refractivity (Wildman–Crippen MR) is 95.4 cm³/mol. The number of amides is 1. The number of nitrogens with two attached hydrogens (primary N) is 1. The monoisotopic (exact) mass is 414 g/mol. The van der Waals surface area contributed by atoms with Crippen LogP contribution in [0.1, 0.15) is 29.2 Å². The van der Waals surface area contributed by atoms with Crippen LogP contribution in [0.3, 0.4) is 0 Å². The van der Waals surface area contributed by atoms with Crippen molar-refractivity contribution in [2.45, 2.75) is 38.1 Å². The molecule has 0 saturated carbocycles. The first-order valence-electron chi connectivity index (χ1n) is 8.86. The summed E-state index contributed by atoms with van der Waals surface area (Å²) in [5, 5.41) is 0. The van der Waals surface area contributed by atoms with E-state index in [9.17, 15) is 26.7 Å². The number of alkyl halides is 3. The molecule has 156 valence electrons. The normalized spacial score (nSPS) is 15.2. The summed E-state index contributed by atoms with van der Waals surface area (Å²) in [6.07, 6.45) is -3.73. The Hall–Kier alpha value is -2.75. The maximum Gasteiger partial charge on any atom is 0.435 e. The van der Waals surface area contributed by atoms with E-state index in [-0.39, 0.29) is 49.6 Å². The highest BCUT2D eigenvalue weighted by atomic mass is 19.4. The Bertz CT molecular complexity index is 937. The van der Waals surface area contributed by atoms with Gasteiger partial charge >= 0.3 is 6.18 Å². The fraction of sp³-hybridized carbons (Fsp3) is 0.368. The maximum absolute atomic E-state index is 13.7. The van der Waals surface area contributed by atoms with E-state index < -0.39 is 35.5 Å². The van der Waals surface area contributed by atoms with Crippen LogP contribution in [0.15, 0.2) is 24.8 Å². The summed E-state index contributed by atoms with van der Waals surface area (Å²) in [6.45, 7) is 3.64. The van der Waals surface area contributed by atoms with Gasteiger partial charge in [-0.25, -0.2) is 13.8 Å². The minimum atomic E-state index is -4.62. The first-order chi connectivity index (χ1) is 13.6. The maximum atomic E-state index is 13.7. The van der Waals surface area contributed by atoms with E-state index in [0.717, 1.165) is 24.3 Å². The minimum Gasteiger partial charge on any atom is -0.333 e. The molecule has 1 aromatic carbocycles. The molecular formula is C19H19F5N4O. The smallest absolute Gasteiger partial charge is 0.333 e. The third-order valence-electron chi connectivity index (χ3n) is 4.75. The van der Waals surface area contributed by atoms with E-state index in [1.807, 2.05) is 0 Å². The Morgan fingerprint density at radius 2 is 2.03 bits per heavy atom. The zero-order chi connectivity index (χ0) is 21.3. The molecule has 5 nitrogen and oxygen atoms in total. The molecule has 0 unspecified atom stereocenters. The average Bonchev–Trinajstić information content (AvgIpc) is 3.02. The van der Waals surface area contributed by atoms with Crippen molar-refractivity contribution in [1.82, 2.24) is 14.5 Å². The molecule has 3 rings (SSSR count). The molecule has 0 saturated heterocycles. The fourth-order valence-corrected chi connectivity index (χ4v) is 3.39. The summed E-state index contributed by atoms with van der Waals surface area (Å²) in [4.78, 5) is 17.5. The van der Waals surface area contributed by atoms with Crippen molar-refractivity contribution in [3.05, 3.63) is 59.2 Å². The molecule has 1 aliphatic rings. The second-order valence-electron chi connectivity index (χ2n) is 6.83.